The van der Waals surface area contributed by atoms with E-state index in [0.29, 0.717) is 21.5 Å². The van der Waals surface area contributed by atoms with Crippen LogP contribution in [-0.4, -0.2) is 22.4 Å². The lowest BCUT2D eigenvalue weighted by Crippen LogP contribution is -2.24. The second-order valence-electron chi connectivity index (χ2n) is 6.17. The largest absolute Gasteiger partial charge is 0.497 e. The van der Waals surface area contributed by atoms with Crippen LogP contribution in [0.2, 0.25) is 0 Å². The standard InChI is InChI=1S/C21H15BrN2O3S/c1-27-16-8-4-14(5-9-16)18(25)10-24-12-23-20-19(21(24)26)17(11-28-20)13-2-6-15(22)7-3-13/h2-9,11-12H,10H2,1H3. The number of rotatable bonds is 5. The molecule has 2 aromatic carbocycles. The zero-order chi connectivity index (χ0) is 19.7. The number of carbonyl (C=O) groups excluding carboxylic acids is 1. The molecule has 0 N–H and O–H groups in total. The number of hydrogen-bond acceptors (Lipinski definition) is 5. The first-order chi connectivity index (χ1) is 13.6. The van der Waals surface area contributed by atoms with Gasteiger partial charge in [0.15, 0.2) is 5.78 Å². The number of carbonyl (C=O) groups is 1. The van der Waals surface area contributed by atoms with E-state index in [0.717, 1.165) is 15.6 Å². The molecular formula is C21H15BrN2O3S. The van der Waals surface area contributed by atoms with Crippen molar-refractivity contribution < 1.29 is 9.53 Å². The third kappa shape index (κ3) is 3.50. The van der Waals surface area contributed by atoms with E-state index in [1.807, 2.05) is 29.6 Å². The average Bonchev–Trinajstić information content (AvgIpc) is 3.15. The number of hydrogen-bond donors (Lipinski definition) is 0. The Hall–Kier alpha value is -2.77. The van der Waals surface area contributed by atoms with Crippen LogP contribution in [0.25, 0.3) is 21.3 Å². The summed E-state index contributed by atoms with van der Waals surface area (Å²) in [5, 5.41) is 2.47. The van der Waals surface area contributed by atoms with E-state index < -0.39 is 0 Å². The summed E-state index contributed by atoms with van der Waals surface area (Å²) < 4.78 is 7.44. The fourth-order valence-electron chi connectivity index (χ4n) is 2.94. The molecule has 0 radical (unpaired) electrons. The number of Topliss-reactive ketones (excluding diaryl/α,β-unsaturated/α-hetero) is 1. The third-order valence-electron chi connectivity index (χ3n) is 4.44. The number of methoxy groups -OCH3 is 1. The molecule has 0 aliphatic rings. The van der Waals surface area contributed by atoms with Crippen LogP contribution in [-0.2, 0) is 6.54 Å². The Balaban J connectivity index is 1.71. The topological polar surface area (TPSA) is 61.2 Å². The van der Waals surface area contributed by atoms with E-state index in [9.17, 15) is 9.59 Å². The van der Waals surface area contributed by atoms with Crippen LogP contribution in [0.15, 0.2) is 69.5 Å². The lowest BCUT2D eigenvalue weighted by atomic mass is 10.1. The van der Waals surface area contributed by atoms with Gasteiger partial charge in [0.1, 0.15) is 10.6 Å². The molecule has 0 spiro atoms. The Kier molecular flexibility index (Phi) is 5.11. The van der Waals surface area contributed by atoms with Crippen LogP contribution in [0.1, 0.15) is 10.4 Å². The zero-order valence-corrected chi connectivity index (χ0v) is 17.3. The van der Waals surface area contributed by atoms with Crippen LogP contribution in [0.5, 0.6) is 5.75 Å². The third-order valence-corrected chi connectivity index (χ3v) is 5.86. The van der Waals surface area contributed by atoms with Crippen molar-refractivity contribution in [2.24, 2.45) is 0 Å². The van der Waals surface area contributed by atoms with Gasteiger partial charge in [-0.2, -0.15) is 0 Å². The summed E-state index contributed by atoms with van der Waals surface area (Å²) >= 11 is 4.84. The molecule has 4 rings (SSSR count). The fraction of sp³-hybridized carbons (Fsp3) is 0.0952. The van der Waals surface area contributed by atoms with Gasteiger partial charge in [0, 0.05) is 21.0 Å². The number of fused-ring (bicyclic) bond motifs is 1. The van der Waals surface area contributed by atoms with Gasteiger partial charge in [0.2, 0.25) is 0 Å². The highest BCUT2D eigenvalue weighted by atomic mass is 79.9. The molecule has 0 bridgehead atoms. The van der Waals surface area contributed by atoms with Crippen molar-refractivity contribution in [2.45, 2.75) is 6.54 Å². The molecule has 4 aromatic rings. The maximum Gasteiger partial charge on any atom is 0.263 e. The first kappa shape index (κ1) is 18.6. The van der Waals surface area contributed by atoms with E-state index in [1.54, 1.807) is 31.4 Å². The quantitative estimate of drug-likeness (QED) is 0.407. The predicted molar refractivity (Wildman–Crippen MR) is 114 cm³/mol. The second-order valence-corrected chi connectivity index (χ2v) is 7.94. The molecule has 2 heterocycles. The summed E-state index contributed by atoms with van der Waals surface area (Å²) in [5.74, 6) is 0.514. The minimum absolute atomic E-state index is 0.0657. The van der Waals surface area contributed by atoms with E-state index in [2.05, 4.69) is 20.9 Å². The Morgan fingerprint density at radius 1 is 1.14 bits per heavy atom. The van der Waals surface area contributed by atoms with Gasteiger partial charge in [0.25, 0.3) is 5.56 Å². The molecule has 7 heteroatoms. The fourth-order valence-corrected chi connectivity index (χ4v) is 4.12. The number of ketones is 1. The summed E-state index contributed by atoms with van der Waals surface area (Å²) in [5.41, 5.74) is 2.07. The Morgan fingerprint density at radius 2 is 1.86 bits per heavy atom. The molecule has 0 unspecified atom stereocenters. The number of aromatic nitrogens is 2. The van der Waals surface area contributed by atoms with Crippen LogP contribution in [0.3, 0.4) is 0 Å². The van der Waals surface area contributed by atoms with Gasteiger partial charge in [0.05, 0.1) is 25.4 Å². The smallest absolute Gasteiger partial charge is 0.263 e. The van der Waals surface area contributed by atoms with Gasteiger partial charge in [-0.1, -0.05) is 28.1 Å². The van der Waals surface area contributed by atoms with Crippen LogP contribution < -0.4 is 10.3 Å². The monoisotopic (exact) mass is 454 g/mol. The number of nitrogens with zero attached hydrogens (tertiary/aromatic N) is 2. The molecule has 0 saturated heterocycles. The molecule has 0 atom stereocenters. The zero-order valence-electron chi connectivity index (χ0n) is 14.9. The number of benzene rings is 2. The van der Waals surface area contributed by atoms with Crippen molar-refractivity contribution in [2.75, 3.05) is 7.11 Å². The van der Waals surface area contributed by atoms with Gasteiger partial charge in [-0.15, -0.1) is 11.3 Å². The highest BCUT2D eigenvalue weighted by Crippen LogP contribution is 2.31. The van der Waals surface area contributed by atoms with Gasteiger partial charge in [-0.3, -0.25) is 14.2 Å². The summed E-state index contributed by atoms with van der Waals surface area (Å²) in [6.07, 6.45) is 1.44. The second kappa shape index (κ2) is 7.69. The molecule has 0 amide bonds. The summed E-state index contributed by atoms with van der Waals surface area (Å²) in [4.78, 5) is 30.7. The van der Waals surface area contributed by atoms with Crippen molar-refractivity contribution in [1.29, 1.82) is 0 Å². The molecule has 0 saturated carbocycles. The Morgan fingerprint density at radius 3 is 2.54 bits per heavy atom. The molecular weight excluding hydrogens is 440 g/mol. The predicted octanol–water partition coefficient (Wildman–Crippen LogP) is 4.78. The number of thiophene rings is 1. The Labute approximate surface area is 173 Å². The molecule has 5 nitrogen and oxygen atoms in total. The van der Waals surface area contributed by atoms with Crippen LogP contribution in [0, 0.1) is 0 Å². The highest BCUT2D eigenvalue weighted by molar-refractivity contribution is 9.10. The average molecular weight is 455 g/mol. The maximum absolute atomic E-state index is 13.1. The van der Waals surface area contributed by atoms with E-state index >= 15 is 0 Å². The molecule has 2 aromatic heterocycles. The van der Waals surface area contributed by atoms with Crippen molar-refractivity contribution in [1.82, 2.24) is 9.55 Å². The normalized spacial score (nSPS) is 10.9. The summed E-state index contributed by atoms with van der Waals surface area (Å²) in [6, 6.07) is 14.6. The number of halogens is 1. The minimum Gasteiger partial charge on any atom is -0.497 e. The van der Waals surface area contributed by atoms with E-state index in [1.165, 1.54) is 22.2 Å². The SMILES string of the molecule is COc1ccc(C(=O)Cn2cnc3scc(-c4ccc(Br)cc4)c3c2=O)cc1. The van der Waals surface area contributed by atoms with E-state index in [-0.39, 0.29) is 17.9 Å². The molecule has 0 aliphatic heterocycles. The van der Waals surface area contributed by atoms with Crippen molar-refractivity contribution in [3.05, 3.63) is 80.6 Å². The van der Waals surface area contributed by atoms with Crippen molar-refractivity contribution >= 4 is 43.3 Å². The summed E-state index contributed by atoms with van der Waals surface area (Å²) in [7, 11) is 1.57. The van der Waals surface area contributed by atoms with Gasteiger partial charge >= 0.3 is 0 Å². The molecule has 0 aliphatic carbocycles. The van der Waals surface area contributed by atoms with E-state index in [4.69, 9.17) is 4.74 Å². The van der Waals surface area contributed by atoms with Crippen molar-refractivity contribution in [3.63, 3.8) is 0 Å². The summed E-state index contributed by atoms with van der Waals surface area (Å²) in [6.45, 7) is -0.0657. The van der Waals surface area contributed by atoms with Gasteiger partial charge < -0.3 is 4.74 Å². The van der Waals surface area contributed by atoms with Gasteiger partial charge in [-0.25, -0.2) is 4.98 Å². The molecule has 0 fully saturated rings. The number of ether oxygens (including phenoxy) is 1. The maximum atomic E-state index is 13.1. The lowest BCUT2D eigenvalue weighted by Gasteiger charge is -2.07. The Bertz CT molecular complexity index is 1210. The molecule has 28 heavy (non-hydrogen) atoms. The lowest BCUT2D eigenvalue weighted by molar-refractivity contribution is 0.0970. The van der Waals surface area contributed by atoms with Crippen molar-refractivity contribution in [3.8, 4) is 16.9 Å². The van der Waals surface area contributed by atoms with Crippen LogP contribution >= 0.6 is 27.3 Å². The first-order valence-electron chi connectivity index (χ1n) is 8.46. The molecule has 140 valence electrons. The van der Waals surface area contributed by atoms with Crippen LogP contribution in [0.4, 0.5) is 0 Å². The van der Waals surface area contributed by atoms with Gasteiger partial charge in [-0.05, 0) is 42.0 Å². The minimum atomic E-state index is -0.217. The highest BCUT2D eigenvalue weighted by Gasteiger charge is 2.15. The first-order valence-corrected chi connectivity index (χ1v) is 10.1.